The molecule has 6 nitrogen and oxygen atoms in total. The molecule has 0 bridgehead atoms. The molecule has 0 radical (unpaired) electrons. The topological polar surface area (TPSA) is 75.2 Å². The van der Waals surface area contributed by atoms with Crippen LogP contribution in [0.3, 0.4) is 0 Å². The lowest BCUT2D eigenvalue weighted by molar-refractivity contribution is -0.132. The van der Waals surface area contributed by atoms with Crippen molar-refractivity contribution in [3.8, 4) is 0 Å². The van der Waals surface area contributed by atoms with Crippen molar-refractivity contribution in [2.45, 2.75) is 19.5 Å². The SMILES string of the molecule is O=C(Cn1cc(Br)c(=O)[nH]c1=O)N1CCc2sccc2C1. The van der Waals surface area contributed by atoms with E-state index in [1.165, 1.54) is 21.2 Å². The van der Waals surface area contributed by atoms with Gasteiger partial charge in [0.2, 0.25) is 5.91 Å². The quantitative estimate of drug-likeness (QED) is 0.855. The molecule has 21 heavy (non-hydrogen) atoms. The molecular formula is C13H12BrN3O3S. The first-order valence-corrected chi connectivity index (χ1v) is 8.04. The Kier molecular flexibility index (Phi) is 3.81. The van der Waals surface area contributed by atoms with Crippen LogP contribution in [0, 0.1) is 0 Å². The van der Waals surface area contributed by atoms with Crippen molar-refractivity contribution in [1.29, 1.82) is 0 Å². The Morgan fingerprint density at radius 1 is 1.43 bits per heavy atom. The molecule has 8 heteroatoms. The molecule has 0 saturated carbocycles. The Labute approximate surface area is 132 Å². The number of amides is 1. The molecular weight excluding hydrogens is 358 g/mol. The molecule has 0 aliphatic carbocycles. The zero-order valence-electron chi connectivity index (χ0n) is 11.0. The predicted octanol–water partition coefficient (Wildman–Crippen LogP) is 0.946. The van der Waals surface area contributed by atoms with Gasteiger partial charge in [-0.3, -0.25) is 19.1 Å². The van der Waals surface area contributed by atoms with Gasteiger partial charge in [0.25, 0.3) is 5.56 Å². The Balaban J connectivity index is 1.77. The Hall–Kier alpha value is -1.67. The third-order valence-electron chi connectivity index (χ3n) is 3.43. The second-order valence-corrected chi connectivity index (χ2v) is 6.65. The monoisotopic (exact) mass is 369 g/mol. The van der Waals surface area contributed by atoms with Gasteiger partial charge in [0.15, 0.2) is 0 Å². The van der Waals surface area contributed by atoms with Gasteiger partial charge in [0.1, 0.15) is 6.54 Å². The minimum absolute atomic E-state index is 0.0757. The zero-order chi connectivity index (χ0) is 15.0. The van der Waals surface area contributed by atoms with Gasteiger partial charge in [-0.05, 0) is 39.4 Å². The van der Waals surface area contributed by atoms with Crippen molar-refractivity contribution < 1.29 is 4.79 Å². The molecule has 1 aliphatic rings. The summed E-state index contributed by atoms with van der Waals surface area (Å²) in [7, 11) is 0. The van der Waals surface area contributed by atoms with Crippen LogP contribution < -0.4 is 11.2 Å². The molecule has 0 unspecified atom stereocenters. The van der Waals surface area contributed by atoms with Crippen LogP contribution >= 0.6 is 27.3 Å². The van der Waals surface area contributed by atoms with Gasteiger partial charge in [-0.1, -0.05) is 0 Å². The minimum Gasteiger partial charge on any atom is -0.336 e. The van der Waals surface area contributed by atoms with Crippen molar-refractivity contribution >= 4 is 33.2 Å². The van der Waals surface area contributed by atoms with E-state index in [0.29, 0.717) is 13.1 Å². The van der Waals surface area contributed by atoms with Crippen molar-refractivity contribution in [3.63, 3.8) is 0 Å². The molecule has 0 fully saturated rings. The first-order chi connectivity index (χ1) is 10.0. The second kappa shape index (κ2) is 5.61. The number of nitrogens with one attached hydrogen (secondary N) is 1. The number of carbonyl (C=O) groups excluding carboxylic acids is 1. The Morgan fingerprint density at radius 2 is 2.24 bits per heavy atom. The number of nitrogens with zero attached hydrogens (tertiary/aromatic N) is 2. The highest BCUT2D eigenvalue weighted by Crippen LogP contribution is 2.24. The number of aromatic amines is 1. The Morgan fingerprint density at radius 3 is 3.05 bits per heavy atom. The summed E-state index contributed by atoms with van der Waals surface area (Å²) in [5.74, 6) is -0.132. The number of rotatable bonds is 2. The van der Waals surface area contributed by atoms with Gasteiger partial charge in [-0.15, -0.1) is 11.3 Å². The van der Waals surface area contributed by atoms with Crippen LogP contribution in [-0.2, 0) is 24.3 Å². The summed E-state index contributed by atoms with van der Waals surface area (Å²) in [6.45, 7) is 1.16. The van der Waals surface area contributed by atoms with E-state index in [4.69, 9.17) is 0 Å². The molecule has 1 amide bonds. The molecule has 0 atom stereocenters. The second-order valence-electron chi connectivity index (χ2n) is 4.80. The zero-order valence-corrected chi connectivity index (χ0v) is 13.4. The Bertz CT molecular complexity index is 807. The molecule has 1 N–H and O–H groups in total. The smallest absolute Gasteiger partial charge is 0.328 e. The number of H-pyrrole nitrogens is 1. The number of thiophene rings is 1. The van der Waals surface area contributed by atoms with E-state index in [2.05, 4.69) is 20.9 Å². The average Bonchev–Trinajstić information content (AvgIpc) is 2.92. The van der Waals surface area contributed by atoms with E-state index < -0.39 is 11.2 Å². The lowest BCUT2D eigenvalue weighted by Gasteiger charge is -2.27. The summed E-state index contributed by atoms with van der Waals surface area (Å²) in [4.78, 5) is 40.5. The molecule has 0 spiro atoms. The van der Waals surface area contributed by atoms with E-state index in [0.717, 1.165) is 6.42 Å². The first-order valence-electron chi connectivity index (χ1n) is 6.37. The molecule has 2 aromatic heterocycles. The van der Waals surface area contributed by atoms with Gasteiger partial charge >= 0.3 is 5.69 Å². The number of aromatic nitrogens is 2. The summed E-state index contributed by atoms with van der Waals surface area (Å²) in [6.07, 6.45) is 2.20. The van der Waals surface area contributed by atoms with Crippen molar-refractivity contribution in [3.05, 3.63) is 53.4 Å². The number of fused-ring (bicyclic) bond motifs is 1. The fraction of sp³-hybridized carbons (Fsp3) is 0.308. The van der Waals surface area contributed by atoms with Crippen LogP contribution in [0.15, 0.2) is 31.7 Å². The molecule has 1 aliphatic heterocycles. The highest BCUT2D eigenvalue weighted by Gasteiger charge is 2.21. The fourth-order valence-corrected chi connectivity index (χ4v) is 3.54. The van der Waals surface area contributed by atoms with Gasteiger partial charge in [-0.2, -0.15) is 0 Å². The lowest BCUT2D eigenvalue weighted by Crippen LogP contribution is -2.40. The largest absolute Gasteiger partial charge is 0.336 e. The molecule has 0 saturated heterocycles. The average molecular weight is 370 g/mol. The first kappa shape index (κ1) is 14.3. The van der Waals surface area contributed by atoms with Crippen molar-refractivity contribution in [1.82, 2.24) is 14.5 Å². The minimum atomic E-state index is -0.579. The highest BCUT2D eigenvalue weighted by atomic mass is 79.9. The van der Waals surface area contributed by atoms with E-state index in [1.54, 1.807) is 16.2 Å². The molecule has 3 heterocycles. The molecule has 3 rings (SSSR count). The number of carbonyl (C=O) groups is 1. The van der Waals surface area contributed by atoms with E-state index >= 15 is 0 Å². The number of hydrogen-bond donors (Lipinski definition) is 1. The third kappa shape index (κ3) is 2.86. The van der Waals surface area contributed by atoms with Crippen LogP contribution in [0.1, 0.15) is 10.4 Å². The summed E-state index contributed by atoms with van der Waals surface area (Å²) in [5, 5.41) is 2.03. The van der Waals surface area contributed by atoms with Crippen LogP contribution in [0.4, 0.5) is 0 Å². The molecule has 2 aromatic rings. The number of hydrogen-bond acceptors (Lipinski definition) is 4. The van der Waals surface area contributed by atoms with Gasteiger partial charge in [0, 0.05) is 24.2 Å². The van der Waals surface area contributed by atoms with Crippen LogP contribution in [0.25, 0.3) is 0 Å². The van der Waals surface area contributed by atoms with Crippen LogP contribution in [0.5, 0.6) is 0 Å². The molecule has 110 valence electrons. The maximum Gasteiger partial charge on any atom is 0.328 e. The summed E-state index contributed by atoms with van der Waals surface area (Å²) < 4.78 is 1.44. The predicted molar refractivity (Wildman–Crippen MR) is 82.5 cm³/mol. The number of halogens is 1. The van der Waals surface area contributed by atoms with Gasteiger partial charge < -0.3 is 4.90 Å². The maximum atomic E-state index is 12.3. The highest BCUT2D eigenvalue weighted by molar-refractivity contribution is 9.10. The molecule has 0 aromatic carbocycles. The summed E-state index contributed by atoms with van der Waals surface area (Å²) >= 11 is 4.77. The van der Waals surface area contributed by atoms with E-state index in [1.807, 2.05) is 11.4 Å². The maximum absolute atomic E-state index is 12.3. The van der Waals surface area contributed by atoms with Crippen LogP contribution in [0.2, 0.25) is 0 Å². The standard InChI is InChI=1S/C13H12BrN3O3S/c14-9-6-17(13(20)15-12(9)19)7-11(18)16-3-1-10-8(5-16)2-4-21-10/h2,4,6H,1,3,5,7H2,(H,15,19,20). The normalized spacial score (nSPS) is 14.0. The fourth-order valence-electron chi connectivity index (χ4n) is 2.31. The third-order valence-corrected chi connectivity index (χ3v) is 5.02. The van der Waals surface area contributed by atoms with E-state index in [-0.39, 0.29) is 16.9 Å². The lowest BCUT2D eigenvalue weighted by atomic mass is 10.1. The summed E-state index contributed by atoms with van der Waals surface area (Å²) in [6, 6.07) is 2.03. The van der Waals surface area contributed by atoms with Gasteiger partial charge in [-0.25, -0.2) is 4.79 Å². The van der Waals surface area contributed by atoms with Gasteiger partial charge in [0.05, 0.1) is 4.47 Å². The van der Waals surface area contributed by atoms with Crippen molar-refractivity contribution in [2.24, 2.45) is 0 Å². The van der Waals surface area contributed by atoms with Crippen LogP contribution in [-0.4, -0.2) is 26.9 Å². The van der Waals surface area contributed by atoms with E-state index in [9.17, 15) is 14.4 Å². The van der Waals surface area contributed by atoms with Crippen molar-refractivity contribution in [2.75, 3.05) is 6.54 Å². The summed E-state index contributed by atoms with van der Waals surface area (Å²) in [5.41, 5.74) is 0.101.